The smallest absolute Gasteiger partial charge is 0.324 e. The van der Waals surface area contributed by atoms with Gasteiger partial charge in [0.15, 0.2) is 0 Å². The third-order valence-corrected chi connectivity index (χ3v) is 4.21. The minimum atomic E-state index is -0.269. The van der Waals surface area contributed by atoms with Crippen molar-refractivity contribution in [3.8, 4) is 0 Å². The van der Waals surface area contributed by atoms with Crippen molar-refractivity contribution in [2.45, 2.75) is 32.9 Å². The van der Waals surface area contributed by atoms with E-state index < -0.39 is 0 Å². The second kappa shape index (κ2) is 7.24. The molecule has 7 heteroatoms. The van der Waals surface area contributed by atoms with Gasteiger partial charge in [-0.2, -0.15) is 5.10 Å². The van der Waals surface area contributed by atoms with E-state index in [1.165, 1.54) is 0 Å². The van der Waals surface area contributed by atoms with E-state index in [9.17, 15) is 4.79 Å². The number of nitrogens with zero attached hydrogens (tertiary/aromatic N) is 3. The molecule has 0 aromatic carbocycles. The van der Waals surface area contributed by atoms with Crippen molar-refractivity contribution >= 4 is 17.6 Å². The summed E-state index contributed by atoms with van der Waals surface area (Å²) in [6, 6.07) is -0.269. The summed E-state index contributed by atoms with van der Waals surface area (Å²) >= 11 is 6.40. The molecular weight excluding hydrogens is 292 g/mol. The maximum Gasteiger partial charge on any atom is 0.324 e. The highest BCUT2D eigenvalue weighted by molar-refractivity contribution is 6.31. The zero-order valence-corrected chi connectivity index (χ0v) is 13.6. The number of esters is 1. The molecule has 1 aliphatic heterocycles. The summed E-state index contributed by atoms with van der Waals surface area (Å²) in [5, 5.41) is 8.37. The van der Waals surface area contributed by atoms with Crippen LogP contribution in [-0.2, 0) is 29.5 Å². The molecule has 1 aromatic heterocycles. The highest BCUT2D eigenvalue weighted by Gasteiger charge is 2.31. The van der Waals surface area contributed by atoms with Crippen LogP contribution in [0.3, 0.4) is 0 Å². The summed E-state index contributed by atoms with van der Waals surface area (Å²) in [5.74, 6) is -0.182. The van der Waals surface area contributed by atoms with Crippen LogP contribution in [0.15, 0.2) is 0 Å². The number of ether oxygens (including phenoxy) is 1. The Hall–Kier alpha value is -1.11. The van der Waals surface area contributed by atoms with Crippen LogP contribution in [0, 0.1) is 0 Å². The molecule has 1 atom stereocenters. The molecule has 6 nitrogen and oxygen atoms in total. The van der Waals surface area contributed by atoms with Crippen molar-refractivity contribution in [1.82, 2.24) is 20.0 Å². The molecule has 0 saturated carbocycles. The highest BCUT2D eigenvalue weighted by Crippen LogP contribution is 2.23. The topological polar surface area (TPSA) is 59.4 Å². The van der Waals surface area contributed by atoms with E-state index >= 15 is 0 Å². The Balaban J connectivity index is 2.16. The van der Waals surface area contributed by atoms with Crippen LogP contribution in [0.1, 0.15) is 25.2 Å². The van der Waals surface area contributed by atoms with Gasteiger partial charge in [0.25, 0.3) is 0 Å². The zero-order valence-electron chi connectivity index (χ0n) is 12.9. The van der Waals surface area contributed by atoms with Gasteiger partial charge in [0.2, 0.25) is 0 Å². The number of hydrogen-bond acceptors (Lipinski definition) is 5. The van der Waals surface area contributed by atoms with Crippen LogP contribution >= 0.6 is 11.6 Å². The number of carbonyl (C=O) groups is 1. The van der Waals surface area contributed by atoms with Crippen LogP contribution < -0.4 is 5.32 Å². The monoisotopic (exact) mass is 314 g/mol. The molecule has 0 bridgehead atoms. The first-order chi connectivity index (χ1) is 10.1. The van der Waals surface area contributed by atoms with Gasteiger partial charge < -0.3 is 10.1 Å². The molecule has 2 heterocycles. The lowest BCUT2D eigenvalue weighted by Crippen LogP contribution is -2.55. The Kier molecular flexibility index (Phi) is 5.61. The SMILES string of the molecule is CCOC(=O)C1CNCCN1Cc1c(Cl)c(CC)nn1C. The molecule has 0 aliphatic carbocycles. The van der Waals surface area contributed by atoms with Crippen molar-refractivity contribution < 1.29 is 9.53 Å². The van der Waals surface area contributed by atoms with Crippen LogP contribution in [0.25, 0.3) is 0 Å². The molecule has 21 heavy (non-hydrogen) atoms. The normalized spacial score (nSPS) is 19.7. The van der Waals surface area contributed by atoms with E-state index in [0.29, 0.717) is 24.7 Å². The third-order valence-electron chi connectivity index (χ3n) is 3.77. The van der Waals surface area contributed by atoms with Crippen LogP contribution in [-0.4, -0.2) is 52.9 Å². The molecule has 1 aliphatic rings. The standard InChI is InChI=1S/C14H23ClN4O2/c1-4-10-13(15)12(18(3)17-10)9-19-7-6-16-8-11(19)14(20)21-5-2/h11,16H,4-9H2,1-3H3. The van der Waals surface area contributed by atoms with Gasteiger partial charge in [-0.1, -0.05) is 18.5 Å². The number of nitrogens with one attached hydrogen (secondary N) is 1. The van der Waals surface area contributed by atoms with Crippen LogP contribution in [0.5, 0.6) is 0 Å². The predicted octanol–water partition coefficient (Wildman–Crippen LogP) is 0.973. The van der Waals surface area contributed by atoms with Gasteiger partial charge >= 0.3 is 5.97 Å². The fraction of sp³-hybridized carbons (Fsp3) is 0.714. The van der Waals surface area contributed by atoms with Crippen molar-refractivity contribution in [3.05, 3.63) is 16.4 Å². The minimum absolute atomic E-state index is 0.182. The fourth-order valence-corrected chi connectivity index (χ4v) is 2.94. The Morgan fingerprint density at radius 1 is 1.52 bits per heavy atom. The van der Waals surface area contributed by atoms with E-state index in [1.807, 2.05) is 25.6 Å². The molecule has 2 rings (SSSR count). The third kappa shape index (κ3) is 3.56. The van der Waals surface area contributed by atoms with Gasteiger partial charge in [-0.3, -0.25) is 14.4 Å². The van der Waals surface area contributed by atoms with E-state index in [4.69, 9.17) is 16.3 Å². The molecule has 0 amide bonds. The fourth-order valence-electron chi connectivity index (χ4n) is 2.59. The molecule has 0 radical (unpaired) electrons. The quantitative estimate of drug-likeness (QED) is 0.821. The predicted molar refractivity (Wildman–Crippen MR) is 81.3 cm³/mol. The number of carbonyl (C=O) groups excluding carboxylic acids is 1. The van der Waals surface area contributed by atoms with Crippen molar-refractivity contribution in [1.29, 1.82) is 0 Å². The first-order valence-corrected chi connectivity index (χ1v) is 7.77. The Bertz CT molecular complexity index is 503. The van der Waals surface area contributed by atoms with Gasteiger partial charge in [-0.25, -0.2) is 0 Å². The molecule has 1 fully saturated rings. The van der Waals surface area contributed by atoms with Gasteiger partial charge in [0, 0.05) is 33.2 Å². The second-order valence-corrected chi connectivity index (χ2v) is 5.50. The van der Waals surface area contributed by atoms with Crippen molar-refractivity contribution in [3.63, 3.8) is 0 Å². The van der Waals surface area contributed by atoms with Gasteiger partial charge in [0.05, 0.1) is 23.0 Å². The number of halogens is 1. The number of aryl methyl sites for hydroxylation is 2. The molecule has 1 unspecified atom stereocenters. The Morgan fingerprint density at radius 3 is 2.90 bits per heavy atom. The van der Waals surface area contributed by atoms with E-state index in [0.717, 1.165) is 30.9 Å². The largest absolute Gasteiger partial charge is 0.465 e. The summed E-state index contributed by atoms with van der Waals surface area (Å²) in [4.78, 5) is 14.2. The van der Waals surface area contributed by atoms with Crippen molar-refractivity contribution in [2.75, 3.05) is 26.2 Å². The number of piperazine rings is 1. The van der Waals surface area contributed by atoms with Gasteiger partial charge in [0.1, 0.15) is 6.04 Å². The maximum absolute atomic E-state index is 12.1. The second-order valence-electron chi connectivity index (χ2n) is 5.13. The summed E-state index contributed by atoms with van der Waals surface area (Å²) < 4.78 is 6.97. The van der Waals surface area contributed by atoms with Crippen molar-refractivity contribution in [2.24, 2.45) is 7.05 Å². The molecule has 118 valence electrons. The Labute approximate surface area is 130 Å². The summed E-state index contributed by atoms with van der Waals surface area (Å²) in [6.07, 6.45) is 0.801. The lowest BCUT2D eigenvalue weighted by Gasteiger charge is -2.34. The average molecular weight is 315 g/mol. The van der Waals surface area contributed by atoms with Gasteiger partial charge in [-0.05, 0) is 13.3 Å². The van der Waals surface area contributed by atoms with E-state index in [-0.39, 0.29) is 12.0 Å². The lowest BCUT2D eigenvalue weighted by molar-refractivity contribution is -0.150. The number of rotatable bonds is 5. The maximum atomic E-state index is 12.1. The molecule has 0 spiro atoms. The van der Waals surface area contributed by atoms with Crippen LogP contribution in [0.2, 0.25) is 5.02 Å². The molecule has 1 N–H and O–H groups in total. The summed E-state index contributed by atoms with van der Waals surface area (Å²) in [6.45, 7) is 7.10. The highest BCUT2D eigenvalue weighted by atomic mass is 35.5. The Morgan fingerprint density at radius 2 is 2.29 bits per heavy atom. The minimum Gasteiger partial charge on any atom is -0.465 e. The molecule has 1 saturated heterocycles. The van der Waals surface area contributed by atoms with Gasteiger partial charge in [-0.15, -0.1) is 0 Å². The average Bonchev–Trinajstić information content (AvgIpc) is 2.75. The molecule has 1 aromatic rings. The van der Waals surface area contributed by atoms with E-state index in [1.54, 1.807) is 0 Å². The van der Waals surface area contributed by atoms with E-state index in [2.05, 4.69) is 15.3 Å². The zero-order chi connectivity index (χ0) is 15.4. The molecular formula is C14H23ClN4O2. The summed E-state index contributed by atoms with van der Waals surface area (Å²) in [5.41, 5.74) is 1.85. The summed E-state index contributed by atoms with van der Waals surface area (Å²) in [7, 11) is 1.89. The van der Waals surface area contributed by atoms with Crippen LogP contribution in [0.4, 0.5) is 0 Å². The first-order valence-electron chi connectivity index (χ1n) is 7.40. The lowest BCUT2D eigenvalue weighted by atomic mass is 10.1. The first kappa shape index (κ1) is 16.3. The number of hydrogen-bond donors (Lipinski definition) is 1. The number of aromatic nitrogens is 2.